The second kappa shape index (κ2) is 20.1. The van der Waals surface area contributed by atoms with Crippen LogP contribution in [-0.2, 0) is 6.54 Å². The molecule has 5 aromatic heterocycles. The van der Waals surface area contributed by atoms with Crippen molar-refractivity contribution in [3.8, 4) is 11.6 Å². The molecule has 9 rings (SSSR count). The van der Waals surface area contributed by atoms with Crippen LogP contribution in [0.2, 0.25) is 0 Å². The van der Waals surface area contributed by atoms with Crippen LogP contribution in [0.25, 0.3) is 33.4 Å². The molecule has 3 aromatic carbocycles. The minimum atomic E-state index is 0.411. The molecule has 0 fully saturated rings. The zero-order valence-electron chi connectivity index (χ0n) is 33.2. The first-order valence-corrected chi connectivity index (χ1v) is 22.2. The smallest absolute Gasteiger partial charge is 0.154 e. The first-order valence-electron chi connectivity index (χ1n) is 19.0. The van der Waals surface area contributed by atoms with E-state index in [1.807, 2.05) is 101 Å². The Morgan fingerprint density at radius 3 is 1.79 bits per heavy atom. The normalized spacial score (nSPS) is 11.6. The Hall–Kier alpha value is -4.36. The van der Waals surface area contributed by atoms with Gasteiger partial charge in [-0.3, -0.25) is 4.99 Å². The molecule has 58 heavy (non-hydrogen) atoms. The van der Waals surface area contributed by atoms with E-state index in [4.69, 9.17) is 0 Å². The van der Waals surface area contributed by atoms with Crippen LogP contribution in [0.15, 0.2) is 145 Å². The van der Waals surface area contributed by atoms with Crippen molar-refractivity contribution in [3.05, 3.63) is 168 Å². The first-order chi connectivity index (χ1) is 27.8. The molecule has 0 aliphatic carbocycles. The van der Waals surface area contributed by atoms with Crippen LogP contribution in [-0.4, -0.2) is 40.7 Å². The summed E-state index contributed by atoms with van der Waals surface area (Å²) in [6.45, 7) is 13.7. The average molecular weight is 1030 g/mol. The Morgan fingerprint density at radius 1 is 0.569 bits per heavy atom. The first kappa shape index (κ1) is 43.2. The van der Waals surface area contributed by atoms with Gasteiger partial charge >= 0.3 is 0 Å². The maximum Gasteiger partial charge on any atom is 0.154 e. The van der Waals surface area contributed by atoms with Gasteiger partial charge in [0.25, 0.3) is 0 Å². The van der Waals surface area contributed by atoms with Crippen molar-refractivity contribution < 1.29 is 0 Å². The topological polar surface area (TPSA) is 86.7 Å². The lowest BCUT2D eigenvalue weighted by Gasteiger charge is -2.08. The van der Waals surface area contributed by atoms with Crippen molar-refractivity contribution in [2.24, 2.45) is 4.99 Å². The van der Waals surface area contributed by atoms with Gasteiger partial charge in [0.1, 0.15) is 4.60 Å². The van der Waals surface area contributed by atoms with E-state index in [-0.39, 0.29) is 0 Å². The lowest BCUT2D eigenvalue weighted by Crippen LogP contribution is -2.02. The van der Waals surface area contributed by atoms with Crippen LogP contribution >= 0.6 is 63.7 Å². The van der Waals surface area contributed by atoms with Gasteiger partial charge in [-0.2, -0.15) is 10.2 Å². The van der Waals surface area contributed by atoms with E-state index < -0.39 is 0 Å². The van der Waals surface area contributed by atoms with Gasteiger partial charge in [0.2, 0.25) is 0 Å². The van der Waals surface area contributed by atoms with Crippen LogP contribution in [0.3, 0.4) is 0 Å². The molecule has 0 radical (unpaired) electrons. The van der Waals surface area contributed by atoms with E-state index in [1.54, 1.807) is 0 Å². The number of pyridine rings is 3. The van der Waals surface area contributed by atoms with Crippen molar-refractivity contribution >= 4 is 91.7 Å². The molecule has 0 saturated heterocycles. The molecular formula is C46H44Br4N8. The number of halogens is 4. The highest BCUT2D eigenvalue weighted by Crippen LogP contribution is 2.24. The highest BCUT2D eigenvalue weighted by molar-refractivity contribution is 9.11. The van der Waals surface area contributed by atoms with Gasteiger partial charge in [0, 0.05) is 53.7 Å². The summed E-state index contributed by atoms with van der Waals surface area (Å²) in [4.78, 5) is 17.8. The number of benzene rings is 3. The van der Waals surface area contributed by atoms with E-state index in [1.165, 1.54) is 11.1 Å². The van der Waals surface area contributed by atoms with Crippen LogP contribution in [0, 0.1) is 0 Å². The maximum absolute atomic E-state index is 4.68. The fraction of sp³-hybridized carbons (Fsp3) is 0.217. The predicted molar refractivity (Wildman–Crippen MR) is 253 cm³/mol. The highest BCUT2D eigenvalue weighted by atomic mass is 79.9. The van der Waals surface area contributed by atoms with E-state index in [2.05, 4.69) is 172 Å². The molecule has 0 saturated carbocycles. The highest BCUT2D eigenvalue weighted by Gasteiger charge is 2.10. The van der Waals surface area contributed by atoms with E-state index in [9.17, 15) is 0 Å². The summed E-state index contributed by atoms with van der Waals surface area (Å²) in [5.74, 6) is 3.06. The Bertz CT molecular complexity index is 2660. The Kier molecular flexibility index (Phi) is 15.0. The zero-order chi connectivity index (χ0) is 41.3. The molecule has 1 aliphatic rings. The zero-order valence-corrected chi connectivity index (χ0v) is 39.5. The Balaban J connectivity index is 0.000000136. The number of hydrogen-bond acceptors (Lipinski definition) is 6. The molecule has 1 aliphatic heterocycles. The molecule has 0 atom stereocenters. The summed E-state index contributed by atoms with van der Waals surface area (Å²) in [6.07, 6.45) is 5.79. The summed E-state index contributed by atoms with van der Waals surface area (Å²) in [5.41, 5.74) is 7.88. The van der Waals surface area contributed by atoms with Crippen molar-refractivity contribution in [1.82, 2.24) is 34.5 Å². The van der Waals surface area contributed by atoms with Gasteiger partial charge in [-0.25, -0.2) is 24.3 Å². The number of fused-ring (bicyclic) bond motifs is 3. The average Bonchev–Trinajstić information content (AvgIpc) is 3.97. The molecule has 0 bridgehead atoms. The van der Waals surface area contributed by atoms with Crippen LogP contribution in [0.5, 0.6) is 0 Å². The molecule has 0 amide bonds. The number of aliphatic imine (C=N–C) groups is 1. The van der Waals surface area contributed by atoms with E-state index >= 15 is 0 Å². The summed E-state index contributed by atoms with van der Waals surface area (Å²) in [5, 5.41) is 11.2. The van der Waals surface area contributed by atoms with Gasteiger partial charge in [-0.05, 0) is 118 Å². The number of nitrogens with zero attached hydrogens (tertiary/aromatic N) is 8. The Labute approximate surface area is 373 Å². The van der Waals surface area contributed by atoms with Crippen molar-refractivity contribution in [1.29, 1.82) is 0 Å². The third kappa shape index (κ3) is 11.4. The number of rotatable bonds is 5. The van der Waals surface area contributed by atoms with Gasteiger partial charge < -0.3 is 0 Å². The standard InChI is InChI=1S/2C15H14BrN3.C8H6BrN.C8H10BrN/c1-10(2)13-4-3-5-15(17-13)19-9-11-6-7-12(16)8-14(11)18-19;1-10(2)13-4-3-5-15(18-13)19-14-8-12(16)7-6-11(14)9-17-19;9-8-2-1-6-4-10-5-7(6)3-8;1-6(2)7-4-3-5-8(9)10-7/h2*3-10H,1-2H3;1-4H,5H2;3-6H,1-2H3. The molecule has 0 unspecified atom stereocenters. The number of aromatic nitrogens is 7. The lowest BCUT2D eigenvalue weighted by molar-refractivity contribution is 0.788. The molecule has 12 heteroatoms. The minimum absolute atomic E-state index is 0.411. The number of hydrogen-bond donors (Lipinski definition) is 0. The van der Waals surface area contributed by atoms with Crippen molar-refractivity contribution in [2.45, 2.75) is 65.8 Å². The van der Waals surface area contributed by atoms with E-state index in [0.29, 0.717) is 17.8 Å². The van der Waals surface area contributed by atoms with Crippen molar-refractivity contribution in [2.75, 3.05) is 0 Å². The summed E-state index contributed by atoms with van der Waals surface area (Å²) in [7, 11) is 0. The molecule has 296 valence electrons. The molecule has 8 aromatic rings. The molecule has 0 spiro atoms. The van der Waals surface area contributed by atoms with E-state index in [0.717, 1.165) is 75.1 Å². The fourth-order valence-corrected chi connectivity index (χ4v) is 7.34. The largest absolute Gasteiger partial charge is 0.288 e. The minimum Gasteiger partial charge on any atom is -0.288 e. The third-order valence-corrected chi connectivity index (χ3v) is 11.0. The van der Waals surface area contributed by atoms with Crippen LogP contribution in [0.1, 0.15) is 87.5 Å². The lowest BCUT2D eigenvalue weighted by atomic mass is 10.1. The third-order valence-electron chi connectivity index (χ3n) is 9.07. The fourth-order valence-electron chi connectivity index (χ4n) is 5.87. The van der Waals surface area contributed by atoms with Gasteiger partial charge in [-0.15, -0.1) is 0 Å². The summed E-state index contributed by atoms with van der Waals surface area (Å²) in [6, 6.07) is 36.5. The maximum atomic E-state index is 4.68. The van der Waals surface area contributed by atoms with Gasteiger partial charge in [-0.1, -0.05) is 126 Å². The molecule has 8 nitrogen and oxygen atoms in total. The molecule has 0 N–H and O–H groups in total. The summed E-state index contributed by atoms with van der Waals surface area (Å²) >= 11 is 13.7. The van der Waals surface area contributed by atoms with Crippen LogP contribution < -0.4 is 0 Å². The quantitative estimate of drug-likeness (QED) is 0.160. The Morgan fingerprint density at radius 2 is 1.14 bits per heavy atom. The predicted octanol–water partition coefficient (Wildman–Crippen LogP) is 14.0. The summed E-state index contributed by atoms with van der Waals surface area (Å²) < 4.78 is 7.85. The van der Waals surface area contributed by atoms with Crippen molar-refractivity contribution in [3.63, 3.8) is 0 Å². The molecular weight excluding hydrogens is 984 g/mol. The second-order valence-electron chi connectivity index (χ2n) is 14.5. The SMILES string of the molecule is Brc1ccc2c(c1)CN=C2.CC(C)c1cccc(-n2cc3ccc(Br)cc3n2)n1.CC(C)c1cccc(-n2ncc3ccc(Br)cc32)n1.CC(C)c1cccc(Br)n1. The molecule has 6 heterocycles. The monoisotopic (exact) mass is 1020 g/mol. The van der Waals surface area contributed by atoms with Gasteiger partial charge in [0.15, 0.2) is 11.6 Å². The van der Waals surface area contributed by atoms with Crippen LogP contribution in [0.4, 0.5) is 0 Å². The van der Waals surface area contributed by atoms with Gasteiger partial charge in [0.05, 0.1) is 23.8 Å². The second-order valence-corrected chi connectivity index (χ2v) is 18.1.